The Kier molecular flexibility index (Phi) is 3.66. The molecule has 1 atom stereocenters. The molecule has 0 saturated carbocycles. The van der Waals surface area contributed by atoms with Crippen LogP contribution >= 0.6 is 0 Å². The van der Waals surface area contributed by atoms with Gasteiger partial charge in [-0.1, -0.05) is 6.07 Å². The second kappa shape index (κ2) is 5.09. The van der Waals surface area contributed by atoms with Crippen molar-refractivity contribution in [3.05, 3.63) is 52.3 Å². The van der Waals surface area contributed by atoms with Gasteiger partial charge in [-0.2, -0.15) is 5.10 Å². The first-order valence-electron chi connectivity index (χ1n) is 6.06. The van der Waals surface area contributed by atoms with Gasteiger partial charge in [-0.25, -0.2) is 8.78 Å². The molecule has 0 fully saturated rings. The average molecular weight is 266 g/mol. The molecular formula is C14H16F2N2O. The van der Waals surface area contributed by atoms with E-state index in [9.17, 15) is 13.9 Å². The molecule has 0 amide bonds. The van der Waals surface area contributed by atoms with Crippen molar-refractivity contribution in [3.63, 3.8) is 0 Å². The highest BCUT2D eigenvalue weighted by Crippen LogP contribution is 2.22. The molecule has 1 unspecified atom stereocenters. The predicted molar refractivity (Wildman–Crippen MR) is 67.8 cm³/mol. The minimum atomic E-state index is -0.866. The Hall–Kier alpha value is -1.75. The van der Waals surface area contributed by atoms with Crippen molar-refractivity contribution in [2.45, 2.75) is 33.4 Å². The summed E-state index contributed by atoms with van der Waals surface area (Å²) in [7, 11) is 0. The van der Waals surface area contributed by atoms with Crippen molar-refractivity contribution in [1.29, 1.82) is 0 Å². The molecule has 1 aromatic carbocycles. The number of hydrogen-bond donors (Lipinski definition) is 1. The maximum Gasteiger partial charge on any atom is 0.159 e. The average Bonchev–Trinajstić information content (AvgIpc) is 2.59. The van der Waals surface area contributed by atoms with Gasteiger partial charge in [0.2, 0.25) is 0 Å². The van der Waals surface area contributed by atoms with Gasteiger partial charge in [0.25, 0.3) is 0 Å². The molecule has 2 aromatic rings. The summed E-state index contributed by atoms with van der Waals surface area (Å²) in [6, 6.07) is 3.79. The Labute approximate surface area is 110 Å². The van der Waals surface area contributed by atoms with Crippen molar-refractivity contribution in [2.75, 3.05) is 0 Å². The lowest BCUT2D eigenvalue weighted by Gasteiger charge is -2.07. The van der Waals surface area contributed by atoms with E-state index in [-0.39, 0.29) is 0 Å². The van der Waals surface area contributed by atoms with Crippen LogP contribution in [0.4, 0.5) is 8.78 Å². The molecule has 3 nitrogen and oxygen atoms in total. The molecule has 5 heteroatoms. The third-order valence-electron chi connectivity index (χ3n) is 3.17. The minimum Gasteiger partial charge on any atom is -0.389 e. The second-order valence-electron chi connectivity index (χ2n) is 4.67. The Bertz CT molecular complexity index is 606. The first-order valence-corrected chi connectivity index (χ1v) is 6.06. The van der Waals surface area contributed by atoms with Crippen LogP contribution in [0.15, 0.2) is 18.2 Å². The number of benzene rings is 1. The number of halogens is 2. The Balaban J connectivity index is 2.33. The molecule has 19 heavy (non-hydrogen) atoms. The molecule has 0 spiro atoms. The monoisotopic (exact) mass is 266 g/mol. The zero-order valence-electron chi connectivity index (χ0n) is 11.1. The molecule has 0 radical (unpaired) electrons. The summed E-state index contributed by atoms with van der Waals surface area (Å²) >= 11 is 0. The highest BCUT2D eigenvalue weighted by Gasteiger charge is 2.16. The fourth-order valence-corrected chi connectivity index (χ4v) is 2.28. The van der Waals surface area contributed by atoms with Crippen LogP contribution in [0.25, 0.3) is 0 Å². The molecule has 102 valence electrons. The molecule has 1 aromatic heterocycles. The molecule has 0 aliphatic heterocycles. The molecule has 0 saturated heterocycles. The standard InChI is InChI=1S/C14H16F2N2O/c1-8-14(10(3)19)9(2)18(17-8)7-11-4-5-12(15)13(16)6-11/h4-6,10,19H,7H2,1-3H3. The van der Waals surface area contributed by atoms with Gasteiger partial charge in [0.05, 0.1) is 18.3 Å². The Morgan fingerprint density at radius 2 is 1.95 bits per heavy atom. The van der Waals surface area contributed by atoms with E-state index < -0.39 is 17.7 Å². The largest absolute Gasteiger partial charge is 0.389 e. The summed E-state index contributed by atoms with van der Waals surface area (Å²) < 4.78 is 27.7. The van der Waals surface area contributed by atoms with E-state index in [1.807, 2.05) is 13.8 Å². The first-order chi connectivity index (χ1) is 8.90. The van der Waals surface area contributed by atoms with E-state index in [1.165, 1.54) is 6.07 Å². The predicted octanol–water partition coefficient (Wildman–Crippen LogP) is 2.88. The number of nitrogens with zero attached hydrogens (tertiary/aromatic N) is 2. The van der Waals surface area contributed by atoms with Crippen LogP contribution in [0.1, 0.15) is 35.5 Å². The van der Waals surface area contributed by atoms with E-state index in [0.717, 1.165) is 29.1 Å². The summed E-state index contributed by atoms with van der Waals surface area (Å²) in [4.78, 5) is 0. The Morgan fingerprint density at radius 1 is 1.26 bits per heavy atom. The molecule has 0 aliphatic carbocycles. The van der Waals surface area contributed by atoms with E-state index in [0.29, 0.717) is 12.1 Å². The molecule has 1 heterocycles. The van der Waals surface area contributed by atoms with Gasteiger partial charge in [-0.3, -0.25) is 4.68 Å². The lowest BCUT2D eigenvalue weighted by atomic mass is 10.1. The second-order valence-corrected chi connectivity index (χ2v) is 4.67. The van der Waals surface area contributed by atoms with Gasteiger partial charge in [-0.15, -0.1) is 0 Å². The highest BCUT2D eigenvalue weighted by molar-refractivity contribution is 5.28. The zero-order valence-corrected chi connectivity index (χ0v) is 11.1. The number of aromatic nitrogens is 2. The van der Waals surface area contributed by atoms with E-state index in [2.05, 4.69) is 5.10 Å². The summed E-state index contributed by atoms with van der Waals surface area (Å²) in [5, 5.41) is 14.0. The lowest BCUT2D eigenvalue weighted by molar-refractivity contribution is 0.197. The van der Waals surface area contributed by atoms with Crippen LogP contribution in [0.3, 0.4) is 0 Å². The maximum atomic E-state index is 13.2. The zero-order chi connectivity index (χ0) is 14.2. The Morgan fingerprint density at radius 3 is 2.47 bits per heavy atom. The molecule has 2 rings (SSSR count). The maximum absolute atomic E-state index is 13.2. The first kappa shape index (κ1) is 13.7. The molecule has 0 aliphatic rings. The number of aliphatic hydroxyl groups is 1. The van der Waals surface area contributed by atoms with Crippen LogP contribution in [0, 0.1) is 25.5 Å². The number of aliphatic hydroxyl groups excluding tert-OH is 1. The summed E-state index contributed by atoms with van der Waals surface area (Å²) in [5.41, 5.74) is 2.98. The number of rotatable bonds is 3. The van der Waals surface area contributed by atoms with Crippen molar-refractivity contribution in [3.8, 4) is 0 Å². The van der Waals surface area contributed by atoms with Gasteiger partial charge < -0.3 is 5.11 Å². The van der Waals surface area contributed by atoms with Crippen LogP contribution in [-0.4, -0.2) is 14.9 Å². The third kappa shape index (κ3) is 2.66. The summed E-state index contributed by atoms with van der Waals surface area (Å²) in [6.07, 6.45) is -0.598. The van der Waals surface area contributed by atoms with Crippen LogP contribution < -0.4 is 0 Å². The van der Waals surface area contributed by atoms with Gasteiger partial charge in [-0.05, 0) is 38.5 Å². The molecular weight excluding hydrogens is 250 g/mol. The third-order valence-corrected chi connectivity index (χ3v) is 3.17. The lowest BCUT2D eigenvalue weighted by Crippen LogP contribution is -2.05. The van der Waals surface area contributed by atoms with Gasteiger partial charge in [0.1, 0.15) is 0 Å². The number of hydrogen-bond acceptors (Lipinski definition) is 2. The minimum absolute atomic E-state index is 0.344. The van der Waals surface area contributed by atoms with E-state index in [4.69, 9.17) is 0 Å². The summed E-state index contributed by atoms with van der Waals surface area (Å²) in [5.74, 6) is -1.73. The normalized spacial score (nSPS) is 12.7. The van der Waals surface area contributed by atoms with Crippen molar-refractivity contribution >= 4 is 0 Å². The van der Waals surface area contributed by atoms with Crippen LogP contribution in [-0.2, 0) is 6.54 Å². The highest BCUT2D eigenvalue weighted by atomic mass is 19.2. The van der Waals surface area contributed by atoms with Crippen molar-refractivity contribution in [1.82, 2.24) is 9.78 Å². The van der Waals surface area contributed by atoms with E-state index in [1.54, 1.807) is 11.6 Å². The van der Waals surface area contributed by atoms with Gasteiger partial charge in [0, 0.05) is 11.3 Å². The van der Waals surface area contributed by atoms with Crippen molar-refractivity contribution < 1.29 is 13.9 Å². The van der Waals surface area contributed by atoms with E-state index >= 15 is 0 Å². The fraction of sp³-hybridized carbons (Fsp3) is 0.357. The van der Waals surface area contributed by atoms with Crippen molar-refractivity contribution in [2.24, 2.45) is 0 Å². The topological polar surface area (TPSA) is 38.0 Å². The van der Waals surface area contributed by atoms with Crippen LogP contribution in [0.5, 0.6) is 0 Å². The van der Waals surface area contributed by atoms with Gasteiger partial charge in [0.15, 0.2) is 11.6 Å². The van der Waals surface area contributed by atoms with Crippen LogP contribution in [0.2, 0.25) is 0 Å². The number of aryl methyl sites for hydroxylation is 1. The van der Waals surface area contributed by atoms with Gasteiger partial charge >= 0.3 is 0 Å². The molecule has 1 N–H and O–H groups in total. The fourth-order valence-electron chi connectivity index (χ4n) is 2.28. The SMILES string of the molecule is Cc1nn(Cc2ccc(F)c(F)c2)c(C)c1C(C)O. The quantitative estimate of drug-likeness (QED) is 0.927. The summed E-state index contributed by atoms with van der Waals surface area (Å²) in [6.45, 7) is 5.69. The smallest absolute Gasteiger partial charge is 0.159 e. The molecule has 0 bridgehead atoms.